The van der Waals surface area contributed by atoms with Crippen LogP contribution in [0.5, 0.6) is 0 Å². The molecule has 0 saturated carbocycles. The van der Waals surface area contributed by atoms with E-state index in [9.17, 15) is 4.79 Å². The predicted molar refractivity (Wildman–Crippen MR) is 39.6 cm³/mol. The summed E-state index contributed by atoms with van der Waals surface area (Å²) in [5.41, 5.74) is 0. The summed E-state index contributed by atoms with van der Waals surface area (Å²) in [5, 5.41) is 3.30. The molecule has 0 aromatic heterocycles. The highest BCUT2D eigenvalue weighted by Gasteiger charge is 2.13. The van der Waals surface area contributed by atoms with Crippen LogP contribution in [0.1, 0.15) is 6.92 Å². The lowest BCUT2D eigenvalue weighted by Gasteiger charge is -2.29. The number of rotatable bonds is 2. The van der Waals surface area contributed by atoms with Gasteiger partial charge in [-0.1, -0.05) is 0 Å². The van der Waals surface area contributed by atoms with Crippen molar-refractivity contribution in [2.45, 2.75) is 13.0 Å². The zero-order chi connectivity index (χ0) is 7.40. The third kappa shape index (κ3) is 2.08. The average molecular weight is 141 g/mol. The van der Waals surface area contributed by atoms with E-state index in [4.69, 9.17) is 0 Å². The van der Waals surface area contributed by atoms with Crippen molar-refractivity contribution in [3.8, 4) is 0 Å². The molecule has 0 aromatic carbocycles. The van der Waals surface area contributed by atoms with E-state index >= 15 is 0 Å². The molecule has 1 saturated heterocycles. The highest BCUT2D eigenvalue weighted by atomic mass is 16.1. The molecule has 1 aliphatic rings. The summed E-state index contributed by atoms with van der Waals surface area (Å²) in [7, 11) is 0. The van der Waals surface area contributed by atoms with Gasteiger partial charge in [0.15, 0.2) is 0 Å². The minimum absolute atomic E-state index is 0.464. The summed E-state index contributed by atoms with van der Waals surface area (Å²) in [4.78, 5) is 12.1. The first-order valence-electron chi connectivity index (χ1n) is 3.63. The van der Waals surface area contributed by atoms with Crippen LogP contribution in [-0.4, -0.2) is 43.4 Å². The fourth-order valence-corrected chi connectivity index (χ4v) is 1.25. The molecule has 1 unspecified atom stereocenters. The van der Waals surface area contributed by atoms with E-state index in [1.807, 2.05) is 6.29 Å². The second-order valence-electron chi connectivity index (χ2n) is 2.73. The summed E-state index contributed by atoms with van der Waals surface area (Å²) < 4.78 is 0. The van der Waals surface area contributed by atoms with Crippen LogP contribution < -0.4 is 5.32 Å². The van der Waals surface area contributed by atoms with E-state index < -0.39 is 0 Å². The molecule has 10 heavy (non-hydrogen) atoms. The SMILES string of the molecule is CC1CN(C[C]=O)CCN1. The van der Waals surface area contributed by atoms with Gasteiger partial charge in [-0.05, 0) is 6.92 Å². The smallest absolute Gasteiger partial charge is 0.213 e. The van der Waals surface area contributed by atoms with Crippen molar-refractivity contribution in [2.75, 3.05) is 26.2 Å². The molecule has 57 valence electrons. The lowest BCUT2D eigenvalue weighted by molar-refractivity contribution is 0.230. The predicted octanol–water partition coefficient (Wildman–Crippen LogP) is -0.610. The highest BCUT2D eigenvalue weighted by Crippen LogP contribution is 1.95. The summed E-state index contributed by atoms with van der Waals surface area (Å²) >= 11 is 0. The van der Waals surface area contributed by atoms with E-state index in [0.29, 0.717) is 12.6 Å². The van der Waals surface area contributed by atoms with Gasteiger partial charge in [0.1, 0.15) is 0 Å². The number of carbonyl (C=O) groups excluding carboxylic acids is 1. The van der Waals surface area contributed by atoms with Gasteiger partial charge in [-0.15, -0.1) is 0 Å². The molecule has 0 aliphatic carbocycles. The minimum Gasteiger partial charge on any atom is -0.312 e. The van der Waals surface area contributed by atoms with Gasteiger partial charge >= 0.3 is 0 Å². The van der Waals surface area contributed by atoms with Crippen LogP contribution in [-0.2, 0) is 4.79 Å². The van der Waals surface area contributed by atoms with Crippen LogP contribution in [0.2, 0.25) is 0 Å². The van der Waals surface area contributed by atoms with Gasteiger partial charge in [0.05, 0.1) is 6.54 Å². The number of hydrogen-bond acceptors (Lipinski definition) is 3. The van der Waals surface area contributed by atoms with E-state index in [0.717, 1.165) is 19.6 Å². The number of nitrogens with zero attached hydrogens (tertiary/aromatic N) is 1. The standard InChI is InChI=1S/C7H13N2O/c1-7-6-9(4-5-10)3-2-8-7/h7-8H,2-4,6H2,1H3. The molecule has 1 fully saturated rings. The molecule has 0 aromatic rings. The number of piperazine rings is 1. The normalized spacial score (nSPS) is 28.3. The van der Waals surface area contributed by atoms with E-state index in [1.54, 1.807) is 0 Å². The molecule has 1 rings (SSSR count). The first kappa shape index (κ1) is 7.69. The van der Waals surface area contributed by atoms with E-state index in [2.05, 4.69) is 17.1 Å². The van der Waals surface area contributed by atoms with Crippen molar-refractivity contribution in [1.29, 1.82) is 0 Å². The van der Waals surface area contributed by atoms with Crippen LogP contribution in [0, 0.1) is 0 Å². The van der Waals surface area contributed by atoms with E-state index in [1.165, 1.54) is 0 Å². The lowest BCUT2D eigenvalue weighted by Crippen LogP contribution is -2.49. The molecule has 3 heteroatoms. The van der Waals surface area contributed by atoms with Gasteiger partial charge < -0.3 is 5.32 Å². The molecule has 1 heterocycles. The van der Waals surface area contributed by atoms with Crippen LogP contribution in [0.4, 0.5) is 0 Å². The molecule has 0 spiro atoms. The van der Waals surface area contributed by atoms with Gasteiger partial charge in [-0.2, -0.15) is 0 Å². The number of hydrogen-bond donors (Lipinski definition) is 1. The van der Waals surface area contributed by atoms with Crippen LogP contribution in [0.15, 0.2) is 0 Å². The highest BCUT2D eigenvalue weighted by molar-refractivity contribution is 5.53. The second kappa shape index (κ2) is 3.68. The molecule has 1 aliphatic heterocycles. The molecule has 3 nitrogen and oxygen atoms in total. The molecular formula is C7H13N2O. The summed E-state index contributed by atoms with van der Waals surface area (Å²) in [6.45, 7) is 5.51. The van der Waals surface area contributed by atoms with Gasteiger partial charge in [0.25, 0.3) is 0 Å². The van der Waals surface area contributed by atoms with Gasteiger partial charge in [0.2, 0.25) is 6.29 Å². The lowest BCUT2D eigenvalue weighted by atomic mass is 10.2. The van der Waals surface area contributed by atoms with Gasteiger partial charge in [0, 0.05) is 25.7 Å². The molecule has 1 atom stereocenters. The van der Waals surface area contributed by atoms with Crippen molar-refractivity contribution in [3.63, 3.8) is 0 Å². The molecular weight excluding hydrogens is 128 g/mol. The first-order valence-corrected chi connectivity index (χ1v) is 3.63. The quantitative estimate of drug-likeness (QED) is 0.557. The van der Waals surface area contributed by atoms with Crippen molar-refractivity contribution in [2.24, 2.45) is 0 Å². The monoisotopic (exact) mass is 141 g/mol. The second-order valence-corrected chi connectivity index (χ2v) is 2.73. The Morgan fingerprint density at radius 3 is 3.20 bits per heavy atom. The molecule has 0 amide bonds. The van der Waals surface area contributed by atoms with Crippen molar-refractivity contribution >= 4 is 6.29 Å². The maximum Gasteiger partial charge on any atom is 0.213 e. The van der Waals surface area contributed by atoms with Crippen molar-refractivity contribution < 1.29 is 4.79 Å². The first-order chi connectivity index (χ1) is 4.83. The van der Waals surface area contributed by atoms with Crippen molar-refractivity contribution in [3.05, 3.63) is 0 Å². The Kier molecular flexibility index (Phi) is 2.83. The van der Waals surface area contributed by atoms with Gasteiger partial charge in [-0.25, -0.2) is 0 Å². The minimum atomic E-state index is 0.464. The third-order valence-corrected chi connectivity index (χ3v) is 1.74. The van der Waals surface area contributed by atoms with Crippen LogP contribution >= 0.6 is 0 Å². The van der Waals surface area contributed by atoms with Crippen LogP contribution in [0.25, 0.3) is 0 Å². The Labute approximate surface area is 61.4 Å². The molecule has 1 N–H and O–H groups in total. The molecule has 1 radical (unpaired) electrons. The Morgan fingerprint density at radius 2 is 2.60 bits per heavy atom. The summed E-state index contributed by atoms with van der Waals surface area (Å²) in [6.07, 6.45) is 1.91. The Hall–Kier alpha value is -0.410. The third-order valence-electron chi connectivity index (χ3n) is 1.74. The maximum atomic E-state index is 9.99. The Balaban J connectivity index is 2.24. The maximum absolute atomic E-state index is 9.99. The zero-order valence-electron chi connectivity index (χ0n) is 6.26. The molecule has 0 bridgehead atoms. The zero-order valence-corrected chi connectivity index (χ0v) is 6.26. The fraction of sp³-hybridized carbons (Fsp3) is 0.857. The van der Waals surface area contributed by atoms with Gasteiger partial charge in [-0.3, -0.25) is 9.69 Å². The van der Waals surface area contributed by atoms with Crippen LogP contribution in [0.3, 0.4) is 0 Å². The fourth-order valence-electron chi connectivity index (χ4n) is 1.25. The van der Waals surface area contributed by atoms with E-state index in [-0.39, 0.29) is 0 Å². The Morgan fingerprint density at radius 1 is 1.80 bits per heavy atom. The topological polar surface area (TPSA) is 32.3 Å². The average Bonchev–Trinajstić information content (AvgIpc) is 1.88. The largest absolute Gasteiger partial charge is 0.312 e. The van der Waals surface area contributed by atoms with Crippen molar-refractivity contribution in [1.82, 2.24) is 10.2 Å². The summed E-state index contributed by atoms with van der Waals surface area (Å²) in [5.74, 6) is 0. The number of nitrogens with one attached hydrogen (secondary N) is 1. The summed E-state index contributed by atoms with van der Waals surface area (Å²) in [6, 6.07) is 0.516. The Bertz CT molecular complexity index is 116.